The van der Waals surface area contributed by atoms with Gasteiger partial charge in [-0.05, 0) is 31.7 Å². The molecule has 2 aliphatic rings. The molecule has 0 radical (unpaired) electrons. The minimum absolute atomic E-state index is 0.125. The number of fused-ring (bicyclic) bond motifs is 1. The van der Waals surface area contributed by atoms with Gasteiger partial charge in [-0.3, -0.25) is 9.36 Å². The third kappa shape index (κ3) is 3.74. The van der Waals surface area contributed by atoms with Crippen molar-refractivity contribution in [2.45, 2.75) is 37.9 Å². The van der Waals surface area contributed by atoms with E-state index in [4.69, 9.17) is 4.74 Å². The number of ether oxygens (including phenoxy) is 1. The minimum atomic E-state index is -0.125. The average Bonchev–Trinajstić information content (AvgIpc) is 3.40. The Morgan fingerprint density at radius 3 is 2.93 bits per heavy atom. The number of rotatable bonds is 6. The van der Waals surface area contributed by atoms with Crippen molar-refractivity contribution in [3.05, 3.63) is 16.0 Å². The molecule has 0 aromatic carbocycles. The number of thiophene rings is 1. The molecule has 0 spiro atoms. The predicted octanol–water partition coefficient (Wildman–Crippen LogP) is 2.29. The van der Waals surface area contributed by atoms with Crippen LogP contribution in [0.15, 0.2) is 5.16 Å². The summed E-state index contributed by atoms with van der Waals surface area (Å²) in [6.07, 6.45) is 3.03. The zero-order valence-corrected chi connectivity index (χ0v) is 17.4. The van der Waals surface area contributed by atoms with Gasteiger partial charge in [-0.15, -0.1) is 21.5 Å². The normalized spacial score (nSPS) is 16.1. The number of carbonyl (C=O) groups excluding carboxylic acids is 1. The van der Waals surface area contributed by atoms with Crippen molar-refractivity contribution in [1.82, 2.24) is 14.8 Å². The predicted molar refractivity (Wildman–Crippen MR) is 109 cm³/mol. The molecule has 1 saturated heterocycles. The van der Waals surface area contributed by atoms with E-state index in [1.807, 2.05) is 11.5 Å². The molecule has 1 aliphatic heterocycles. The van der Waals surface area contributed by atoms with E-state index < -0.39 is 0 Å². The van der Waals surface area contributed by atoms with Gasteiger partial charge in [-0.2, -0.15) is 5.26 Å². The van der Waals surface area contributed by atoms with E-state index in [0.29, 0.717) is 23.8 Å². The van der Waals surface area contributed by atoms with Crippen LogP contribution in [0.4, 0.5) is 10.9 Å². The zero-order chi connectivity index (χ0) is 19.5. The molecule has 2 aromatic rings. The molecule has 148 valence electrons. The highest BCUT2D eigenvalue weighted by Gasteiger charge is 2.24. The number of carbonyl (C=O) groups is 1. The maximum absolute atomic E-state index is 12.5. The van der Waals surface area contributed by atoms with Gasteiger partial charge in [0.25, 0.3) is 0 Å². The van der Waals surface area contributed by atoms with Crippen molar-refractivity contribution in [1.29, 1.82) is 5.26 Å². The lowest BCUT2D eigenvalue weighted by atomic mass is 10.1. The first-order valence-electron chi connectivity index (χ1n) is 9.44. The highest BCUT2D eigenvalue weighted by Crippen LogP contribution is 2.38. The third-order valence-electron chi connectivity index (χ3n) is 4.93. The number of morpholine rings is 1. The number of anilines is 2. The van der Waals surface area contributed by atoms with E-state index in [1.165, 1.54) is 28.0 Å². The molecule has 1 fully saturated rings. The minimum Gasteiger partial charge on any atom is -0.378 e. The molecule has 0 unspecified atom stereocenters. The summed E-state index contributed by atoms with van der Waals surface area (Å²) in [5, 5.41) is 22.4. The maximum Gasteiger partial charge on any atom is 0.235 e. The molecular formula is C18H22N6O2S2. The Morgan fingerprint density at radius 1 is 1.36 bits per heavy atom. The van der Waals surface area contributed by atoms with Gasteiger partial charge in [-0.25, -0.2) is 0 Å². The van der Waals surface area contributed by atoms with Gasteiger partial charge < -0.3 is 15.0 Å². The number of nitrogens with zero attached hydrogens (tertiary/aromatic N) is 5. The fraction of sp³-hybridized carbons (Fsp3) is 0.556. The van der Waals surface area contributed by atoms with E-state index in [9.17, 15) is 10.1 Å². The molecule has 1 N–H and O–H groups in total. The lowest BCUT2D eigenvalue weighted by molar-refractivity contribution is -0.113. The second kappa shape index (κ2) is 8.51. The number of amides is 1. The standard InChI is InChI=1S/C18H22N6O2S2/c1-2-24-17(23-6-8-26-9-7-23)21-22-18(24)27-11-15(25)20-16-13(10-19)12-4-3-5-14(12)28-16/h2-9,11H2,1H3,(H,20,25). The van der Waals surface area contributed by atoms with Crippen LogP contribution in [-0.2, 0) is 28.9 Å². The molecule has 1 aliphatic carbocycles. The fourth-order valence-electron chi connectivity index (χ4n) is 3.57. The molecule has 0 saturated carbocycles. The van der Waals surface area contributed by atoms with Crippen LogP contribution < -0.4 is 10.2 Å². The van der Waals surface area contributed by atoms with Crippen molar-refractivity contribution in [2.75, 3.05) is 42.3 Å². The van der Waals surface area contributed by atoms with Crippen LogP contribution in [0.3, 0.4) is 0 Å². The monoisotopic (exact) mass is 418 g/mol. The summed E-state index contributed by atoms with van der Waals surface area (Å²) < 4.78 is 7.43. The lowest BCUT2D eigenvalue weighted by Crippen LogP contribution is -2.38. The molecule has 2 aromatic heterocycles. The van der Waals surface area contributed by atoms with Gasteiger partial charge in [0.15, 0.2) is 5.16 Å². The second-order valence-electron chi connectivity index (χ2n) is 6.64. The topological polar surface area (TPSA) is 96.1 Å². The van der Waals surface area contributed by atoms with Gasteiger partial charge in [-0.1, -0.05) is 11.8 Å². The summed E-state index contributed by atoms with van der Waals surface area (Å²) in [7, 11) is 0. The molecule has 0 atom stereocenters. The number of hydrogen-bond acceptors (Lipinski definition) is 8. The summed E-state index contributed by atoms with van der Waals surface area (Å²) in [6, 6.07) is 2.26. The van der Waals surface area contributed by atoms with E-state index >= 15 is 0 Å². The van der Waals surface area contributed by atoms with E-state index in [0.717, 1.165) is 55.6 Å². The number of hydrogen-bond donors (Lipinski definition) is 1. The lowest BCUT2D eigenvalue weighted by Gasteiger charge is -2.27. The van der Waals surface area contributed by atoms with Crippen LogP contribution in [0.25, 0.3) is 0 Å². The third-order valence-corrected chi connectivity index (χ3v) is 7.10. The Kier molecular flexibility index (Phi) is 5.85. The van der Waals surface area contributed by atoms with Crippen LogP contribution in [-0.4, -0.2) is 52.7 Å². The van der Waals surface area contributed by atoms with Crippen LogP contribution in [0, 0.1) is 11.3 Å². The Morgan fingerprint density at radius 2 is 2.18 bits per heavy atom. The molecule has 3 heterocycles. The number of aryl methyl sites for hydroxylation is 1. The molecule has 4 rings (SSSR count). The summed E-state index contributed by atoms with van der Waals surface area (Å²) in [5.74, 6) is 0.935. The van der Waals surface area contributed by atoms with Crippen molar-refractivity contribution in [2.24, 2.45) is 0 Å². The Bertz CT molecular complexity index is 910. The van der Waals surface area contributed by atoms with Gasteiger partial charge >= 0.3 is 0 Å². The van der Waals surface area contributed by atoms with Crippen LogP contribution in [0.1, 0.15) is 29.3 Å². The summed E-state index contributed by atoms with van der Waals surface area (Å²) >= 11 is 2.91. The molecule has 1 amide bonds. The van der Waals surface area contributed by atoms with Crippen molar-refractivity contribution in [3.8, 4) is 6.07 Å². The number of aromatic nitrogens is 3. The molecule has 28 heavy (non-hydrogen) atoms. The maximum atomic E-state index is 12.5. The summed E-state index contributed by atoms with van der Waals surface area (Å²) in [5.41, 5.74) is 1.76. The number of nitriles is 1. The zero-order valence-electron chi connectivity index (χ0n) is 15.7. The van der Waals surface area contributed by atoms with Gasteiger partial charge in [0.2, 0.25) is 11.9 Å². The van der Waals surface area contributed by atoms with Crippen LogP contribution >= 0.6 is 23.1 Å². The summed E-state index contributed by atoms with van der Waals surface area (Å²) in [4.78, 5) is 15.9. The quantitative estimate of drug-likeness (QED) is 0.719. The van der Waals surface area contributed by atoms with Gasteiger partial charge in [0.1, 0.15) is 11.1 Å². The van der Waals surface area contributed by atoms with Gasteiger partial charge in [0.05, 0.1) is 24.5 Å². The number of nitrogens with one attached hydrogen (secondary N) is 1. The number of thioether (sulfide) groups is 1. The molecule has 0 bridgehead atoms. The molecule has 8 nitrogen and oxygen atoms in total. The molecular weight excluding hydrogens is 396 g/mol. The summed E-state index contributed by atoms with van der Waals surface area (Å²) in [6.45, 7) is 5.75. The van der Waals surface area contributed by atoms with Crippen LogP contribution in [0.5, 0.6) is 0 Å². The van der Waals surface area contributed by atoms with E-state index in [1.54, 1.807) is 0 Å². The van der Waals surface area contributed by atoms with Crippen LogP contribution in [0.2, 0.25) is 0 Å². The van der Waals surface area contributed by atoms with E-state index in [-0.39, 0.29) is 11.7 Å². The highest BCUT2D eigenvalue weighted by molar-refractivity contribution is 7.99. The first-order chi connectivity index (χ1) is 13.7. The Labute approximate surface area is 171 Å². The fourth-order valence-corrected chi connectivity index (χ4v) is 5.62. The van der Waals surface area contributed by atoms with E-state index in [2.05, 4.69) is 26.5 Å². The average molecular weight is 419 g/mol. The van der Waals surface area contributed by atoms with Crippen molar-refractivity contribution in [3.63, 3.8) is 0 Å². The first-order valence-corrected chi connectivity index (χ1v) is 11.2. The van der Waals surface area contributed by atoms with Crippen molar-refractivity contribution < 1.29 is 9.53 Å². The Hall–Kier alpha value is -2.09. The Balaban J connectivity index is 1.40. The SMILES string of the molecule is CCn1c(SCC(=O)Nc2sc3c(c2C#N)CCC3)nnc1N1CCOCC1. The largest absolute Gasteiger partial charge is 0.378 e. The first kappa shape index (κ1) is 19.2. The molecule has 10 heteroatoms. The second-order valence-corrected chi connectivity index (χ2v) is 8.68. The van der Waals surface area contributed by atoms with Crippen molar-refractivity contribution >= 4 is 40.0 Å². The highest BCUT2D eigenvalue weighted by atomic mass is 32.2. The smallest absolute Gasteiger partial charge is 0.235 e. The van der Waals surface area contributed by atoms with Gasteiger partial charge in [0, 0.05) is 24.5 Å².